The van der Waals surface area contributed by atoms with Crippen molar-refractivity contribution in [2.45, 2.75) is 115 Å². The second-order valence-electron chi connectivity index (χ2n) is 7.94. The van der Waals surface area contributed by atoms with Crippen molar-refractivity contribution >= 4 is 15.9 Å². The number of hydrogen-bond acceptors (Lipinski definition) is 0. The minimum Gasteiger partial charge on any atom is -1.00 e. The van der Waals surface area contributed by atoms with Crippen molar-refractivity contribution in [3.8, 4) is 0 Å². The van der Waals surface area contributed by atoms with Crippen molar-refractivity contribution in [1.29, 1.82) is 0 Å². The molecule has 0 fully saturated rings. The van der Waals surface area contributed by atoms with Crippen LogP contribution >= 0.6 is 15.9 Å². The van der Waals surface area contributed by atoms with Gasteiger partial charge in [0.25, 0.3) is 0 Å². The molecule has 0 amide bonds. The van der Waals surface area contributed by atoms with E-state index in [1.54, 1.807) is 0 Å². The first-order valence-electron chi connectivity index (χ1n) is 10.5. The highest BCUT2D eigenvalue weighted by atomic mass is 79.9. The highest BCUT2D eigenvalue weighted by Crippen LogP contribution is 2.19. The fourth-order valence-corrected chi connectivity index (χ4v) is 3.55. The number of nitrogens with zero attached hydrogens (tertiary/aromatic N) is 1. The lowest BCUT2D eigenvalue weighted by Gasteiger charge is -2.34. The van der Waals surface area contributed by atoms with E-state index >= 15 is 0 Å². The summed E-state index contributed by atoms with van der Waals surface area (Å²) in [4.78, 5) is 0.615. The fourth-order valence-electron chi connectivity index (χ4n) is 3.35. The van der Waals surface area contributed by atoms with E-state index in [1.165, 1.54) is 103 Å². The Bertz CT molecular complexity index is 244. The Kier molecular flexibility index (Phi) is 21.2. The van der Waals surface area contributed by atoms with Crippen LogP contribution in [-0.4, -0.2) is 30.1 Å². The highest BCUT2D eigenvalue weighted by molar-refractivity contribution is 9.09. The Morgan fingerprint density at radius 2 is 0.958 bits per heavy atom. The van der Waals surface area contributed by atoms with E-state index in [4.69, 9.17) is 0 Å². The van der Waals surface area contributed by atoms with Gasteiger partial charge in [0.15, 0.2) is 0 Å². The number of unbranched alkanes of at least 4 members (excludes halogenated alkanes) is 13. The third-order valence-corrected chi connectivity index (χ3v) is 6.94. The van der Waals surface area contributed by atoms with Gasteiger partial charge < -0.3 is 21.5 Å². The molecule has 0 aliphatic rings. The molecule has 1 nitrogen and oxygen atoms in total. The zero-order valence-corrected chi connectivity index (χ0v) is 20.3. The molecular weight excluding hydrogens is 426 g/mol. The van der Waals surface area contributed by atoms with Gasteiger partial charge >= 0.3 is 0 Å². The van der Waals surface area contributed by atoms with Crippen molar-refractivity contribution in [1.82, 2.24) is 0 Å². The Morgan fingerprint density at radius 3 is 1.29 bits per heavy atom. The molecule has 0 aromatic heterocycles. The van der Waals surface area contributed by atoms with Crippen LogP contribution in [-0.2, 0) is 0 Å². The van der Waals surface area contributed by atoms with E-state index in [0.717, 1.165) is 4.48 Å². The molecule has 0 aliphatic carbocycles. The quantitative estimate of drug-likeness (QED) is 0.125. The number of quaternary nitrogens is 1. The monoisotopic (exact) mass is 469 g/mol. The molecule has 0 N–H and O–H groups in total. The minimum absolute atomic E-state index is 0. The predicted octanol–water partition coefficient (Wildman–Crippen LogP) is 4.68. The molecule has 0 rings (SSSR count). The third kappa shape index (κ3) is 16.4. The average molecular weight is 471 g/mol. The number of alkyl halides is 1. The zero-order valence-electron chi connectivity index (χ0n) is 17.1. The first-order valence-corrected chi connectivity index (χ1v) is 11.4. The van der Waals surface area contributed by atoms with Gasteiger partial charge in [0, 0.05) is 6.42 Å². The first kappa shape index (κ1) is 27.1. The lowest BCUT2D eigenvalue weighted by atomic mass is 10.0. The molecule has 1 atom stereocenters. The van der Waals surface area contributed by atoms with E-state index in [2.05, 4.69) is 43.9 Å². The van der Waals surface area contributed by atoms with Gasteiger partial charge in [0.1, 0.15) is 4.95 Å². The van der Waals surface area contributed by atoms with Gasteiger partial charge in [0.05, 0.1) is 20.6 Å². The van der Waals surface area contributed by atoms with Gasteiger partial charge in [-0.15, -0.1) is 0 Å². The van der Waals surface area contributed by atoms with Crippen LogP contribution in [0.15, 0.2) is 0 Å². The summed E-state index contributed by atoms with van der Waals surface area (Å²) >= 11 is 3.81. The molecule has 0 bridgehead atoms. The minimum atomic E-state index is 0. The van der Waals surface area contributed by atoms with Crippen LogP contribution in [0.1, 0.15) is 110 Å². The van der Waals surface area contributed by atoms with Crippen LogP contribution in [0.3, 0.4) is 0 Å². The summed E-state index contributed by atoms with van der Waals surface area (Å²) in [7, 11) is 4.70. The van der Waals surface area contributed by atoms with Crippen molar-refractivity contribution in [3.05, 3.63) is 0 Å². The molecule has 0 saturated heterocycles. The van der Waals surface area contributed by atoms with E-state index in [-0.39, 0.29) is 17.0 Å². The third-order valence-electron chi connectivity index (χ3n) is 5.18. The first-order chi connectivity index (χ1) is 11.0. The number of halogens is 2. The summed E-state index contributed by atoms with van der Waals surface area (Å²) in [6.45, 7) is 5.87. The molecule has 0 aromatic carbocycles. The van der Waals surface area contributed by atoms with Gasteiger partial charge in [-0.2, -0.15) is 0 Å². The maximum atomic E-state index is 3.81. The molecule has 0 saturated carbocycles. The smallest absolute Gasteiger partial charge is 0.143 e. The molecule has 24 heavy (non-hydrogen) atoms. The van der Waals surface area contributed by atoms with Gasteiger partial charge in [-0.25, -0.2) is 0 Å². The lowest BCUT2D eigenvalue weighted by molar-refractivity contribution is -0.899. The van der Waals surface area contributed by atoms with Crippen LogP contribution in [0.25, 0.3) is 0 Å². The fraction of sp³-hybridized carbons (Fsp3) is 1.00. The summed E-state index contributed by atoms with van der Waals surface area (Å²) in [6, 6.07) is 0. The Morgan fingerprint density at radius 1 is 0.625 bits per heavy atom. The van der Waals surface area contributed by atoms with Crippen LogP contribution in [0.4, 0.5) is 0 Å². The van der Waals surface area contributed by atoms with Crippen LogP contribution < -0.4 is 17.0 Å². The Balaban J connectivity index is 0. The molecule has 0 aromatic rings. The summed E-state index contributed by atoms with van der Waals surface area (Å²) in [5.74, 6) is 0. The van der Waals surface area contributed by atoms with Crippen molar-refractivity contribution in [2.24, 2.45) is 0 Å². The largest absolute Gasteiger partial charge is 1.00 e. The molecule has 0 radical (unpaired) electrons. The predicted molar refractivity (Wildman–Crippen MR) is 110 cm³/mol. The van der Waals surface area contributed by atoms with Crippen LogP contribution in [0.5, 0.6) is 0 Å². The molecule has 148 valence electrons. The molecule has 0 spiro atoms. The summed E-state index contributed by atoms with van der Waals surface area (Å²) < 4.78 is 1.12. The molecule has 0 heterocycles. The van der Waals surface area contributed by atoms with Crippen molar-refractivity contribution in [2.75, 3.05) is 20.6 Å². The van der Waals surface area contributed by atoms with Gasteiger partial charge in [-0.05, 0) is 28.8 Å². The molecular formula is C21H45Br2N. The maximum Gasteiger partial charge on any atom is 0.143 e. The lowest BCUT2D eigenvalue weighted by Crippen LogP contribution is -3.00. The van der Waals surface area contributed by atoms with Crippen molar-refractivity contribution < 1.29 is 21.5 Å². The van der Waals surface area contributed by atoms with E-state index in [0.29, 0.717) is 4.95 Å². The molecule has 1 unspecified atom stereocenters. The zero-order chi connectivity index (χ0) is 17.4. The second-order valence-corrected chi connectivity index (χ2v) is 9.00. The second kappa shape index (κ2) is 18.7. The summed E-state index contributed by atoms with van der Waals surface area (Å²) in [6.07, 6.45) is 21.5. The van der Waals surface area contributed by atoms with E-state index in [9.17, 15) is 0 Å². The number of rotatable bonds is 17. The average Bonchev–Trinajstić information content (AvgIpc) is 2.54. The number of hydrogen-bond donors (Lipinski definition) is 0. The molecule has 3 heteroatoms. The standard InChI is InChI=1S/C21H45BrN.BrH/c1-5-7-8-9-10-11-12-13-14-15-16-17-18-19-20-23(3,4)21(22)6-2;/h21H,5-20H2,1-4H3;1H/q+1;/p-1. The maximum absolute atomic E-state index is 3.81. The van der Waals surface area contributed by atoms with Gasteiger partial charge in [-0.1, -0.05) is 90.9 Å². The topological polar surface area (TPSA) is 0 Å². The van der Waals surface area contributed by atoms with Gasteiger partial charge in [0.2, 0.25) is 0 Å². The van der Waals surface area contributed by atoms with E-state index < -0.39 is 0 Å². The highest BCUT2D eigenvalue weighted by Gasteiger charge is 2.22. The van der Waals surface area contributed by atoms with Crippen LogP contribution in [0, 0.1) is 0 Å². The summed E-state index contributed by atoms with van der Waals surface area (Å²) in [5, 5.41) is 0. The van der Waals surface area contributed by atoms with Crippen molar-refractivity contribution in [3.63, 3.8) is 0 Å². The van der Waals surface area contributed by atoms with Crippen LogP contribution in [0.2, 0.25) is 0 Å². The SMILES string of the molecule is CCCCCCCCCCCCCCCC[N+](C)(C)C(Br)CC.[Br-]. The summed E-state index contributed by atoms with van der Waals surface area (Å²) in [5.41, 5.74) is 0. The normalized spacial score (nSPS) is 12.9. The van der Waals surface area contributed by atoms with E-state index in [1.807, 2.05) is 0 Å². The Hall–Kier alpha value is 0.920. The molecule has 0 aliphatic heterocycles. The Labute approximate surface area is 172 Å². The van der Waals surface area contributed by atoms with Gasteiger partial charge in [-0.3, -0.25) is 0 Å².